The number of pyridine rings is 1. The number of furan rings is 1. The van der Waals surface area contributed by atoms with Crippen LogP contribution in [0, 0.1) is 0 Å². The van der Waals surface area contributed by atoms with Crippen molar-refractivity contribution >= 4 is 16.8 Å². The lowest BCUT2D eigenvalue weighted by Crippen LogP contribution is -2.26. The van der Waals surface area contributed by atoms with E-state index in [2.05, 4.69) is 4.98 Å². The van der Waals surface area contributed by atoms with E-state index in [9.17, 15) is 9.90 Å². The zero-order chi connectivity index (χ0) is 14.8. The summed E-state index contributed by atoms with van der Waals surface area (Å²) in [6.45, 7) is 0.339. The highest BCUT2D eigenvalue weighted by Crippen LogP contribution is 2.25. The Bertz CT molecular complexity index is 781. The van der Waals surface area contributed by atoms with Crippen LogP contribution in [0.3, 0.4) is 0 Å². The van der Waals surface area contributed by atoms with Crippen LogP contribution in [0.1, 0.15) is 16.1 Å². The third-order valence-corrected chi connectivity index (χ3v) is 3.27. The zero-order valence-corrected chi connectivity index (χ0v) is 11.5. The van der Waals surface area contributed by atoms with E-state index >= 15 is 0 Å². The number of phenolic OH excluding ortho intramolecular Hbond substituents is 1. The minimum Gasteiger partial charge on any atom is -0.507 e. The summed E-state index contributed by atoms with van der Waals surface area (Å²) in [7, 11) is 1.66. The van der Waals surface area contributed by atoms with Crippen molar-refractivity contribution in [3.63, 3.8) is 0 Å². The first-order valence-electron chi connectivity index (χ1n) is 6.51. The van der Waals surface area contributed by atoms with Crippen molar-refractivity contribution in [1.82, 2.24) is 9.88 Å². The number of nitrogens with zero attached hydrogens (tertiary/aromatic N) is 2. The van der Waals surface area contributed by atoms with Crippen molar-refractivity contribution < 1.29 is 14.3 Å². The van der Waals surface area contributed by atoms with E-state index in [4.69, 9.17) is 4.42 Å². The first-order valence-corrected chi connectivity index (χ1v) is 6.51. The monoisotopic (exact) mass is 282 g/mol. The lowest BCUT2D eigenvalue weighted by atomic mass is 10.1. The molecule has 0 radical (unpaired) electrons. The number of rotatable bonds is 3. The number of hydrogen-bond donors (Lipinski definition) is 1. The van der Waals surface area contributed by atoms with Gasteiger partial charge in [0.1, 0.15) is 11.5 Å². The molecule has 0 saturated carbocycles. The summed E-state index contributed by atoms with van der Waals surface area (Å²) >= 11 is 0. The predicted octanol–water partition coefficient (Wildman–Crippen LogP) is 2.81. The summed E-state index contributed by atoms with van der Waals surface area (Å²) in [5.41, 5.74) is 0.903. The van der Waals surface area contributed by atoms with E-state index in [1.165, 1.54) is 4.90 Å². The maximum atomic E-state index is 12.4. The van der Waals surface area contributed by atoms with Crippen LogP contribution < -0.4 is 0 Å². The van der Waals surface area contributed by atoms with Crippen molar-refractivity contribution in [1.29, 1.82) is 0 Å². The molecule has 106 valence electrons. The van der Waals surface area contributed by atoms with Crippen molar-refractivity contribution in [2.45, 2.75) is 6.54 Å². The van der Waals surface area contributed by atoms with Crippen molar-refractivity contribution in [2.24, 2.45) is 0 Å². The molecular formula is C16H14N2O3. The summed E-state index contributed by atoms with van der Waals surface area (Å²) < 4.78 is 5.22. The van der Waals surface area contributed by atoms with Crippen LogP contribution in [0.4, 0.5) is 0 Å². The molecule has 2 aromatic heterocycles. The van der Waals surface area contributed by atoms with Crippen molar-refractivity contribution in [3.8, 4) is 5.75 Å². The average molecular weight is 282 g/mol. The van der Waals surface area contributed by atoms with Gasteiger partial charge in [-0.15, -0.1) is 0 Å². The Hall–Kier alpha value is -2.82. The average Bonchev–Trinajstić information content (AvgIpc) is 2.98. The van der Waals surface area contributed by atoms with Crippen LogP contribution in [0.5, 0.6) is 5.75 Å². The van der Waals surface area contributed by atoms with Crippen LogP contribution in [-0.2, 0) is 6.54 Å². The summed E-state index contributed by atoms with van der Waals surface area (Å²) in [6.07, 6.45) is 3.21. The standard InChI is InChI=1S/C16H14N2O3/c1-18(10-12-5-3-7-21-12)16(20)13-9-14-11(8-15(13)19)4-2-6-17-14/h2-9,19H,10H2,1H3. The van der Waals surface area contributed by atoms with Gasteiger partial charge in [-0.05, 0) is 30.3 Å². The number of aromatic nitrogens is 1. The summed E-state index contributed by atoms with van der Waals surface area (Å²) in [6, 6.07) is 10.3. The molecule has 3 rings (SSSR count). The molecule has 21 heavy (non-hydrogen) atoms. The minimum atomic E-state index is -0.281. The summed E-state index contributed by atoms with van der Waals surface area (Å²) in [5, 5.41) is 10.8. The smallest absolute Gasteiger partial charge is 0.257 e. The molecule has 1 amide bonds. The molecule has 1 aromatic carbocycles. The maximum absolute atomic E-state index is 12.4. The van der Waals surface area contributed by atoms with Crippen LogP contribution in [0.25, 0.3) is 10.9 Å². The molecule has 0 unspecified atom stereocenters. The molecule has 1 N–H and O–H groups in total. The second kappa shape index (κ2) is 5.28. The van der Waals surface area contributed by atoms with E-state index in [0.717, 1.165) is 5.39 Å². The number of amides is 1. The number of hydrogen-bond acceptors (Lipinski definition) is 4. The maximum Gasteiger partial charge on any atom is 0.257 e. The molecule has 5 heteroatoms. The van der Waals surface area contributed by atoms with Gasteiger partial charge in [0.2, 0.25) is 0 Å². The highest BCUT2D eigenvalue weighted by Gasteiger charge is 2.18. The fourth-order valence-corrected chi connectivity index (χ4v) is 2.19. The molecule has 0 aliphatic rings. The first-order chi connectivity index (χ1) is 10.1. The van der Waals surface area contributed by atoms with Crippen LogP contribution in [-0.4, -0.2) is 27.9 Å². The van der Waals surface area contributed by atoms with E-state index in [0.29, 0.717) is 17.8 Å². The molecule has 5 nitrogen and oxygen atoms in total. The fourth-order valence-electron chi connectivity index (χ4n) is 2.19. The van der Waals surface area contributed by atoms with Gasteiger partial charge in [-0.3, -0.25) is 9.78 Å². The molecule has 0 atom stereocenters. The van der Waals surface area contributed by atoms with E-state index < -0.39 is 0 Å². The molecule has 0 bridgehead atoms. The van der Waals surface area contributed by atoms with Gasteiger partial charge in [-0.2, -0.15) is 0 Å². The van der Waals surface area contributed by atoms with Gasteiger partial charge in [-0.1, -0.05) is 6.07 Å². The molecule has 0 spiro atoms. The third kappa shape index (κ3) is 2.58. The first kappa shape index (κ1) is 13.2. The lowest BCUT2D eigenvalue weighted by molar-refractivity contribution is 0.0772. The third-order valence-electron chi connectivity index (χ3n) is 3.27. The number of carbonyl (C=O) groups excluding carboxylic acids is 1. The largest absolute Gasteiger partial charge is 0.507 e. The van der Waals surface area contributed by atoms with Gasteiger partial charge in [0.15, 0.2) is 0 Å². The van der Waals surface area contributed by atoms with Gasteiger partial charge >= 0.3 is 0 Å². The number of phenols is 1. The predicted molar refractivity (Wildman–Crippen MR) is 77.9 cm³/mol. The topological polar surface area (TPSA) is 66.6 Å². The quantitative estimate of drug-likeness (QED) is 0.802. The zero-order valence-electron chi connectivity index (χ0n) is 11.5. The van der Waals surface area contributed by atoms with Gasteiger partial charge in [0.05, 0.1) is 23.9 Å². The minimum absolute atomic E-state index is 0.0493. The van der Waals surface area contributed by atoms with Gasteiger partial charge in [0.25, 0.3) is 5.91 Å². The van der Waals surface area contributed by atoms with Gasteiger partial charge < -0.3 is 14.4 Å². The molecule has 2 heterocycles. The molecular weight excluding hydrogens is 268 g/mol. The van der Waals surface area contributed by atoms with E-state index in [1.807, 2.05) is 6.07 Å². The second-order valence-electron chi connectivity index (χ2n) is 4.81. The molecule has 0 aliphatic carbocycles. The summed E-state index contributed by atoms with van der Waals surface area (Å²) in [4.78, 5) is 18.1. The van der Waals surface area contributed by atoms with Gasteiger partial charge in [0, 0.05) is 18.6 Å². The number of carbonyl (C=O) groups is 1. The normalized spacial score (nSPS) is 10.7. The Balaban J connectivity index is 1.91. The Morgan fingerprint density at radius 3 is 2.95 bits per heavy atom. The Morgan fingerprint density at radius 1 is 1.33 bits per heavy atom. The Labute approximate surface area is 121 Å². The van der Waals surface area contributed by atoms with Crippen LogP contribution >= 0.6 is 0 Å². The number of aromatic hydroxyl groups is 1. The highest BCUT2D eigenvalue weighted by molar-refractivity contribution is 6.00. The molecule has 0 saturated heterocycles. The van der Waals surface area contributed by atoms with Crippen LogP contribution in [0.15, 0.2) is 53.3 Å². The van der Waals surface area contributed by atoms with Gasteiger partial charge in [-0.25, -0.2) is 0 Å². The molecule has 0 aliphatic heterocycles. The Kier molecular flexibility index (Phi) is 3.31. The van der Waals surface area contributed by atoms with Crippen molar-refractivity contribution in [3.05, 3.63) is 60.2 Å². The number of fused-ring (bicyclic) bond motifs is 1. The number of benzene rings is 1. The SMILES string of the molecule is CN(Cc1ccco1)C(=O)c1cc2ncccc2cc1O. The molecule has 0 fully saturated rings. The van der Waals surface area contributed by atoms with E-state index in [1.54, 1.807) is 49.8 Å². The molecule has 3 aromatic rings. The Morgan fingerprint density at radius 2 is 2.19 bits per heavy atom. The van der Waals surface area contributed by atoms with E-state index in [-0.39, 0.29) is 17.2 Å². The lowest BCUT2D eigenvalue weighted by Gasteiger charge is -2.16. The highest BCUT2D eigenvalue weighted by atomic mass is 16.3. The summed E-state index contributed by atoms with van der Waals surface area (Å²) in [5.74, 6) is 0.354. The van der Waals surface area contributed by atoms with Crippen molar-refractivity contribution in [2.75, 3.05) is 7.05 Å². The van der Waals surface area contributed by atoms with Crippen LogP contribution in [0.2, 0.25) is 0 Å². The second-order valence-corrected chi connectivity index (χ2v) is 4.81. The fraction of sp³-hybridized carbons (Fsp3) is 0.125.